The lowest BCUT2D eigenvalue weighted by atomic mass is 9.85. The van der Waals surface area contributed by atoms with Crippen LogP contribution in [0, 0.1) is 5.41 Å². The second-order valence-electron chi connectivity index (χ2n) is 5.50. The summed E-state index contributed by atoms with van der Waals surface area (Å²) in [5, 5.41) is 9.09. The molecule has 0 aromatic rings. The summed E-state index contributed by atoms with van der Waals surface area (Å²) in [6.07, 6.45) is 3.85. The fourth-order valence-electron chi connectivity index (χ4n) is 2.17. The van der Waals surface area contributed by atoms with E-state index in [1.807, 2.05) is 6.92 Å². The minimum absolute atomic E-state index is 0.0441. The monoisotopic (exact) mass is 227 g/mol. The molecule has 1 N–H and O–H groups in total. The largest absolute Gasteiger partial charge is 0.480 e. The summed E-state index contributed by atoms with van der Waals surface area (Å²) in [5.74, 6) is -1.01. The van der Waals surface area contributed by atoms with Crippen molar-refractivity contribution >= 4 is 11.9 Å². The molecule has 1 aliphatic carbocycles. The number of carbonyl (C=O) groups is 2. The van der Waals surface area contributed by atoms with Crippen LogP contribution in [0.25, 0.3) is 0 Å². The van der Waals surface area contributed by atoms with Gasteiger partial charge in [0.05, 0.1) is 0 Å². The molecule has 1 aliphatic rings. The van der Waals surface area contributed by atoms with Crippen LogP contribution in [0.4, 0.5) is 0 Å². The lowest BCUT2D eigenvalue weighted by Gasteiger charge is -2.37. The molecule has 4 heteroatoms. The lowest BCUT2D eigenvalue weighted by Crippen LogP contribution is -2.54. The second kappa shape index (κ2) is 4.07. The van der Waals surface area contributed by atoms with Gasteiger partial charge in [0.25, 0.3) is 0 Å². The number of nitrogens with zero attached hydrogens (tertiary/aromatic N) is 1. The van der Waals surface area contributed by atoms with E-state index in [1.54, 1.807) is 20.9 Å². The SMILES string of the molecule is CN(C(=O)C1(C)CCCC1)C(C)(C)C(=O)O. The number of hydrogen-bond donors (Lipinski definition) is 1. The Morgan fingerprint density at radius 1 is 1.25 bits per heavy atom. The number of carboxylic acids is 1. The molecule has 0 aromatic carbocycles. The van der Waals surface area contributed by atoms with Crippen LogP contribution in [0.15, 0.2) is 0 Å². The topological polar surface area (TPSA) is 57.6 Å². The van der Waals surface area contributed by atoms with Crippen LogP contribution in [-0.4, -0.2) is 34.5 Å². The minimum atomic E-state index is -1.14. The zero-order chi connectivity index (χ0) is 12.6. The molecule has 0 heterocycles. The van der Waals surface area contributed by atoms with Gasteiger partial charge < -0.3 is 10.0 Å². The molecule has 1 rings (SSSR count). The quantitative estimate of drug-likeness (QED) is 0.801. The summed E-state index contributed by atoms with van der Waals surface area (Å²) >= 11 is 0. The van der Waals surface area contributed by atoms with E-state index in [0.29, 0.717) is 0 Å². The third kappa shape index (κ3) is 2.06. The first-order valence-corrected chi connectivity index (χ1v) is 5.73. The Hall–Kier alpha value is -1.06. The van der Waals surface area contributed by atoms with Gasteiger partial charge in [-0.05, 0) is 26.7 Å². The van der Waals surface area contributed by atoms with E-state index in [0.717, 1.165) is 25.7 Å². The molecule has 1 amide bonds. The molecule has 0 aliphatic heterocycles. The zero-order valence-corrected chi connectivity index (χ0v) is 10.5. The van der Waals surface area contributed by atoms with Gasteiger partial charge >= 0.3 is 5.97 Å². The van der Waals surface area contributed by atoms with Crippen LogP contribution in [0.1, 0.15) is 46.5 Å². The van der Waals surface area contributed by atoms with Crippen molar-refractivity contribution in [2.24, 2.45) is 5.41 Å². The van der Waals surface area contributed by atoms with Crippen molar-refractivity contribution in [1.82, 2.24) is 4.90 Å². The maximum absolute atomic E-state index is 12.3. The van der Waals surface area contributed by atoms with Gasteiger partial charge in [-0.3, -0.25) is 4.79 Å². The standard InChI is InChI=1S/C12H21NO3/c1-11(2,10(15)16)13(4)9(14)12(3)7-5-6-8-12/h5-8H2,1-4H3,(H,15,16). The van der Waals surface area contributed by atoms with Gasteiger partial charge in [-0.1, -0.05) is 19.8 Å². The first-order chi connectivity index (χ1) is 7.22. The predicted octanol–water partition coefficient (Wildman–Crippen LogP) is 1.89. The van der Waals surface area contributed by atoms with Gasteiger partial charge in [0.2, 0.25) is 5.91 Å². The van der Waals surface area contributed by atoms with Crippen molar-refractivity contribution in [2.75, 3.05) is 7.05 Å². The maximum Gasteiger partial charge on any atom is 0.329 e. The fourth-order valence-corrected chi connectivity index (χ4v) is 2.17. The Morgan fingerprint density at radius 2 is 1.69 bits per heavy atom. The average molecular weight is 227 g/mol. The van der Waals surface area contributed by atoms with Gasteiger partial charge in [0.15, 0.2) is 0 Å². The summed E-state index contributed by atoms with van der Waals surface area (Å²) in [5.41, 5.74) is -1.50. The Kier molecular flexibility index (Phi) is 3.31. The highest BCUT2D eigenvalue weighted by molar-refractivity contribution is 5.89. The van der Waals surface area contributed by atoms with Crippen molar-refractivity contribution in [2.45, 2.75) is 52.0 Å². The van der Waals surface area contributed by atoms with Crippen LogP contribution < -0.4 is 0 Å². The summed E-state index contributed by atoms with van der Waals surface area (Å²) in [6, 6.07) is 0. The highest BCUT2D eigenvalue weighted by Crippen LogP contribution is 2.40. The first kappa shape index (κ1) is 13.0. The molecule has 1 saturated carbocycles. The maximum atomic E-state index is 12.3. The zero-order valence-electron chi connectivity index (χ0n) is 10.5. The Balaban J connectivity index is 2.85. The van der Waals surface area contributed by atoms with Gasteiger partial charge in [-0.15, -0.1) is 0 Å². The predicted molar refractivity (Wildman–Crippen MR) is 61.1 cm³/mol. The molecule has 4 nitrogen and oxygen atoms in total. The molecule has 0 saturated heterocycles. The molecule has 0 bridgehead atoms. The van der Waals surface area contributed by atoms with E-state index in [4.69, 9.17) is 5.11 Å². The molecular weight excluding hydrogens is 206 g/mol. The summed E-state index contributed by atoms with van der Waals surface area (Å²) in [4.78, 5) is 24.7. The fraction of sp³-hybridized carbons (Fsp3) is 0.833. The van der Waals surface area contributed by atoms with E-state index >= 15 is 0 Å². The highest BCUT2D eigenvalue weighted by Gasteiger charge is 2.44. The molecule has 0 atom stereocenters. The van der Waals surface area contributed by atoms with Crippen molar-refractivity contribution in [3.63, 3.8) is 0 Å². The first-order valence-electron chi connectivity index (χ1n) is 5.73. The number of likely N-dealkylation sites (N-methyl/N-ethyl adjacent to an activating group) is 1. The molecule has 0 aromatic heterocycles. The molecule has 92 valence electrons. The van der Waals surface area contributed by atoms with Crippen LogP contribution in [-0.2, 0) is 9.59 Å². The van der Waals surface area contributed by atoms with Crippen LogP contribution in [0.5, 0.6) is 0 Å². The Morgan fingerprint density at radius 3 is 2.06 bits per heavy atom. The molecule has 0 spiro atoms. The Labute approximate surface area is 96.6 Å². The highest BCUT2D eigenvalue weighted by atomic mass is 16.4. The molecule has 16 heavy (non-hydrogen) atoms. The van der Waals surface area contributed by atoms with E-state index in [-0.39, 0.29) is 11.3 Å². The van der Waals surface area contributed by atoms with Crippen molar-refractivity contribution in [3.8, 4) is 0 Å². The van der Waals surface area contributed by atoms with Gasteiger partial charge in [0.1, 0.15) is 5.54 Å². The number of carbonyl (C=O) groups excluding carboxylic acids is 1. The number of hydrogen-bond acceptors (Lipinski definition) is 2. The number of rotatable bonds is 3. The molecule has 1 fully saturated rings. The van der Waals surface area contributed by atoms with Crippen LogP contribution >= 0.6 is 0 Å². The van der Waals surface area contributed by atoms with Gasteiger partial charge in [0, 0.05) is 12.5 Å². The van der Waals surface area contributed by atoms with Crippen molar-refractivity contribution < 1.29 is 14.7 Å². The third-order valence-electron chi connectivity index (χ3n) is 3.89. The van der Waals surface area contributed by atoms with E-state index < -0.39 is 11.5 Å². The smallest absolute Gasteiger partial charge is 0.329 e. The third-order valence-corrected chi connectivity index (χ3v) is 3.89. The van der Waals surface area contributed by atoms with Gasteiger partial charge in [-0.25, -0.2) is 4.79 Å². The number of aliphatic carboxylic acids is 1. The lowest BCUT2D eigenvalue weighted by molar-refractivity contribution is -0.159. The van der Waals surface area contributed by atoms with Crippen LogP contribution in [0.2, 0.25) is 0 Å². The van der Waals surface area contributed by atoms with E-state index in [9.17, 15) is 9.59 Å². The van der Waals surface area contributed by atoms with E-state index in [1.165, 1.54) is 4.90 Å². The summed E-state index contributed by atoms with van der Waals surface area (Å²) < 4.78 is 0. The molecule has 0 radical (unpaired) electrons. The van der Waals surface area contributed by atoms with Crippen molar-refractivity contribution in [3.05, 3.63) is 0 Å². The minimum Gasteiger partial charge on any atom is -0.480 e. The number of amides is 1. The molecule has 0 unspecified atom stereocenters. The number of carboxylic acid groups (broad SMARTS) is 1. The van der Waals surface area contributed by atoms with Gasteiger partial charge in [-0.2, -0.15) is 0 Å². The summed E-state index contributed by atoms with van der Waals surface area (Å²) in [6.45, 7) is 5.06. The van der Waals surface area contributed by atoms with Crippen LogP contribution in [0.3, 0.4) is 0 Å². The van der Waals surface area contributed by atoms with E-state index in [2.05, 4.69) is 0 Å². The normalized spacial score (nSPS) is 19.5. The Bertz CT molecular complexity index is 303. The molecular formula is C12H21NO3. The average Bonchev–Trinajstić information content (AvgIpc) is 2.63. The second-order valence-corrected chi connectivity index (χ2v) is 5.50. The summed E-state index contributed by atoms with van der Waals surface area (Å²) in [7, 11) is 1.58. The van der Waals surface area contributed by atoms with Crippen molar-refractivity contribution in [1.29, 1.82) is 0 Å².